The molecule has 0 unspecified atom stereocenters. The van der Waals surface area contributed by atoms with E-state index in [1.807, 2.05) is 0 Å². The number of furan rings is 1. The molecular formula is C34H20O. The first-order valence-corrected chi connectivity index (χ1v) is 12.0. The summed E-state index contributed by atoms with van der Waals surface area (Å²) < 4.78 is 6.33. The van der Waals surface area contributed by atoms with Crippen LogP contribution in [0.5, 0.6) is 0 Å². The van der Waals surface area contributed by atoms with Gasteiger partial charge in [0.2, 0.25) is 0 Å². The lowest BCUT2D eigenvalue weighted by molar-refractivity contribution is 0.669. The van der Waals surface area contributed by atoms with Gasteiger partial charge in [0.1, 0.15) is 11.2 Å². The van der Waals surface area contributed by atoms with Gasteiger partial charge in [-0.15, -0.1) is 0 Å². The highest BCUT2D eigenvalue weighted by Crippen LogP contribution is 2.40. The molecule has 8 aromatic rings. The van der Waals surface area contributed by atoms with Crippen LogP contribution < -0.4 is 0 Å². The third-order valence-corrected chi connectivity index (χ3v) is 7.38. The molecule has 8 rings (SSSR count). The van der Waals surface area contributed by atoms with Crippen molar-refractivity contribution < 1.29 is 4.42 Å². The van der Waals surface area contributed by atoms with E-state index in [0.717, 1.165) is 11.2 Å². The fourth-order valence-electron chi connectivity index (χ4n) is 5.66. The minimum absolute atomic E-state index is 0.928. The molecule has 1 nitrogen and oxygen atoms in total. The van der Waals surface area contributed by atoms with E-state index in [2.05, 4.69) is 121 Å². The molecule has 0 radical (unpaired) electrons. The number of fused-ring (bicyclic) bond motifs is 8. The van der Waals surface area contributed by atoms with Crippen molar-refractivity contribution in [1.82, 2.24) is 0 Å². The van der Waals surface area contributed by atoms with Gasteiger partial charge in [0.25, 0.3) is 0 Å². The highest BCUT2D eigenvalue weighted by Gasteiger charge is 2.14. The van der Waals surface area contributed by atoms with Gasteiger partial charge in [-0.3, -0.25) is 0 Å². The molecule has 0 saturated carbocycles. The van der Waals surface area contributed by atoms with Crippen molar-refractivity contribution in [3.63, 3.8) is 0 Å². The summed E-state index contributed by atoms with van der Waals surface area (Å²) in [6, 6.07) is 43.8. The standard InChI is InChI=1S/C34H20O/c1-2-7-23-17-30-26(16-22(23)6-1)14-12-21-13-15-27(19-29(21)30)28-10-5-11-32-34(28)31-18-24-8-3-4-9-25(24)20-33(31)35-32/h1-20H. The molecule has 1 heterocycles. The molecule has 162 valence electrons. The van der Waals surface area contributed by atoms with Crippen LogP contribution >= 0.6 is 0 Å². The first-order valence-electron chi connectivity index (χ1n) is 12.0. The lowest BCUT2D eigenvalue weighted by Gasteiger charge is -2.10. The Morgan fingerprint density at radius 1 is 0.371 bits per heavy atom. The van der Waals surface area contributed by atoms with E-state index in [0.29, 0.717) is 0 Å². The molecule has 0 aliphatic heterocycles. The zero-order valence-electron chi connectivity index (χ0n) is 19.0. The van der Waals surface area contributed by atoms with E-state index in [1.165, 1.54) is 65.0 Å². The summed E-state index contributed by atoms with van der Waals surface area (Å²) in [7, 11) is 0. The maximum atomic E-state index is 6.33. The highest BCUT2D eigenvalue weighted by molar-refractivity contribution is 6.17. The second kappa shape index (κ2) is 6.94. The first-order chi connectivity index (χ1) is 17.3. The molecule has 0 amide bonds. The monoisotopic (exact) mass is 444 g/mol. The second-order valence-corrected chi connectivity index (χ2v) is 9.40. The fourth-order valence-corrected chi connectivity index (χ4v) is 5.66. The molecule has 0 aliphatic rings. The van der Waals surface area contributed by atoms with Crippen molar-refractivity contribution in [3.8, 4) is 11.1 Å². The largest absolute Gasteiger partial charge is 0.456 e. The molecule has 0 atom stereocenters. The normalized spacial score (nSPS) is 12.0. The predicted octanol–water partition coefficient (Wildman–Crippen LogP) is 9.87. The van der Waals surface area contributed by atoms with Crippen molar-refractivity contribution in [2.45, 2.75) is 0 Å². The maximum Gasteiger partial charge on any atom is 0.136 e. The summed E-state index contributed by atoms with van der Waals surface area (Å²) in [5.41, 5.74) is 4.27. The summed E-state index contributed by atoms with van der Waals surface area (Å²) in [4.78, 5) is 0. The van der Waals surface area contributed by atoms with Crippen molar-refractivity contribution in [2.24, 2.45) is 0 Å². The van der Waals surface area contributed by atoms with Crippen LogP contribution in [0, 0.1) is 0 Å². The zero-order chi connectivity index (χ0) is 22.9. The molecular weight excluding hydrogens is 424 g/mol. The van der Waals surface area contributed by atoms with Crippen molar-refractivity contribution in [2.75, 3.05) is 0 Å². The van der Waals surface area contributed by atoms with Crippen molar-refractivity contribution in [1.29, 1.82) is 0 Å². The number of hydrogen-bond acceptors (Lipinski definition) is 1. The Kier molecular flexibility index (Phi) is 3.72. The van der Waals surface area contributed by atoms with Crippen LogP contribution in [0.3, 0.4) is 0 Å². The third-order valence-electron chi connectivity index (χ3n) is 7.38. The van der Waals surface area contributed by atoms with Gasteiger partial charge in [-0.05, 0) is 90.6 Å². The average Bonchev–Trinajstić information content (AvgIpc) is 3.28. The van der Waals surface area contributed by atoms with Gasteiger partial charge in [0.05, 0.1) is 0 Å². The molecule has 1 heteroatoms. The zero-order valence-corrected chi connectivity index (χ0v) is 19.0. The first kappa shape index (κ1) is 18.8. The second-order valence-electron chi connectivity index (χ2n) is 9.40. The Morgan fingerprint density at radius 3 is 1.80 bits per heavy atom. The Labute approximate surface area is 201 Å². The highest BCUT2D eigenvalue weighted by atomic mass is 16.3. The van der Waals surface area contributed by atoms with Gasteiger partial charge in [0, 0.05) is 10.8 Å². The van der Waals surface area contributed by atoms with E-state index in [4.69, 9.17) is 4.42 Å². The molecule has 0 N–H and O–H groups in total. The molecule has 0 bridgehead atoms. The minimum atomic E-state index is 0.928. The number of hydrogen-bond donors (Lipinski definition) is 0. The van der Waals surface area contributed by atoms with Crippen molar-refractivity contribution in [3.05, 3.63) is 121 Å². The van der Waals surface area contributed by atoms with Gasteiger partial charge >= 0.3 is 0 Å². The summed E-state index contributed by atoms with van der Waals surface area (Å²) in [6.07, 6.45) is 0. The minimum Gasteiger partial charge on any atom is -0.456 e. The molecule has 35 heavy (non-hydrogen) atoms. The van der Waals surface area contributed by atoms with E-state index in [1.54, 1.807) is 0 Å². The molecule has 0 saturated heterocycles. The van der Waals surface area contributed by atoms with Crippen LogP contribution in [0.15, 0.2) is 126 Å². The summed E-state index contributed by atoms with van der Waals surface area (Å²) >= 11 is 0. The Hall–Kier alpha value is -4.62. The quantitative estimate of drug-likeness (QED) is 0.181. The lowest BCUT2D eigenvalue weighted by Crippen LogP contribution is -1.83. The van der Waals surface area contributed by atoms with Crippen LogP contribution in [0.2, 0.25) is 0 Å². The SMILES string of the molecule is c1ccc2cc3c(ccc4ccc(-c5cccc6oc7cc8ccccc8cc7c56)cc43)cc2c1. The molecule has 0 aliphatic carbocycles. The summed E-state index contributed by atoms with van der Waals surface area (Å²) in [6.45, 7) is 0. The number of rotatable bonds is 1. The van der Waals surface area contributed by atoms with Crippen LogP contribution in [-0.4, -0.2) is 0 Å². The van der Waals surface area contributed by atoms with Crippen LogP contribution in [0.25, 0.3) is 76.2 Å². The molecule has 0 spiro atoms. The molecule has 1 aromatic heterocycles. The summed E-state index contributed by atoms with van der Waals surface area (Å²) in [5.74, 6) is 0. The Balaban J connectivity index is 1.44. The smallest absolute Gasteiger partial charge is 0.136 e. The Morgan fingerprint density at radius 2 is 1.00 bits per heavy atom. The van der Waals surface area contributed by atoms with Crippen LogP contribution in [0.4, 0.5) is 0 Å². The lowest BCUT2D eigenvalue weighted by atomic mass is 9.93. The van der Waals surface area contributed by atoms with Gasteiger partial charge in [-0.2, -0.15) is 0 Å². The third kappa shape index (κ3) is 2.76. The average molecular weight is 445 g/mol. The van der Waals surface area contributed by atoms with E-state index in [-0.39, 0.29) is 0 Å². The van der Waals surface area contributed by atoms with E-state index in [9.17, 15) is 0 Å². The maximum absolute atomic E-state index is 6.33. The molecule has 7 aromatic carbocycles. The fraction of sp³-hybridized carbons (Fsp3) is 0. The predicted molar refractivity (Wildman–Crippen MR) is 149 cm³/mol. The Bertz CT molecular complexity index is 2110. The van der Waals surface area contributed by atoms with Crippen LogP contribution in [-0.2, 0) is 0 Å². The summed E-state index contributed by atoms with van der Waals surface area (Å²) in [5, 5.41) is 12.4. The van der Waals surface area contributed by atoms with Gasteiger partial charge in [-0.25, -0.2) is 0 Å². The number of benzene rings is 7. The molecule has 0 fully saturated rings. The van der Waals surface area contributed by atoms with E-state index >= 15 is 0 Å². The van der Waals surface area contributed by atoms with Crippen molar-refractivity contribution >= 4 is 65.0 Å². The van der Waals surface area contributed by atoms with Gasteiger partial charge in [0.15, 0.2) is 0 Å². The van der Waals surface area contributed by atoms with Gasteiger partial charge < -0.3 is 4.42 Å². The van der Waals surface area contributed by atoms with Gasteiger partial charge in [-0.1, -0.05) is 84.9 Å². The van der Waals surface area contributed by atoms with E-state index < -0.39 is 0 Å². The van der Waals surface area contributed by atoms with Crippen LogP contribution in [0.1, 0.15) is 0 Å². The topological polar surface area (TPSA) is 13.1 Å².